The number of aromatic nitrogens is 2. The van der Waals surface area contributed by atoms with Gasteiger partial charge in [-0.25, -0.2) is 4.98 Å². The third kappa shape index (κ3) is 4.72. The zero-order valence-electron chi connectivity index (χ0n) is 19.7. The van der Waals surface area contributed by atoms with Crippen molar-refractivity contribution >= 4 is 0 Å². The molecular formula is C28H30N2O3. The molecule has 0 atom stereocenters. The fourth-order valence-corrected chi connectivity index (χ4v) is 3.94. The summed E-state index contributed by atoms with van der Waals surface area (Å²) >= 11 is 0. The molecule has 4 rings (SSSR count). The Kier molecular flexibility index (Phi) is 6.98. The molecule has 0 bridgehead atoms. The lowest BCUT2D eigenvalue weighted by Gasteiger charge is -2.14. The summed E-state index contributed by atoms with van der Waals surface area (Å²) in [7, 11) is 5.05. The zero-order valence-corrected chi connectivity index (χ0v) is 19.7. The Hall–Kier alpha value is -3.73. The molecule has 0 aliphatic heterocycles. The van der Waals surface area contributed by atoms with Gasteiger partial charge in [-0.05, 0) is 79.2 Å². The van der Waals surface area contributed by atoms with Crippen molar-refractivity contribution in [3.63, 3.8) is 0 Å². The highest BCUT2D eigenvalue weighted by molar-refractivity contribution is 5.82. The molecule has 1 heterocycles. The fraction of sp³-hybridized carbons (Fsp3) is 0.250. The average molecular weight is 443 g/mol. The topological polar surface area (TPSA) is 45.5 Å². The van der Waals surface area contributed by atoms with Crippen molar-refractivity contribution in [2.45, 2.75) is 26.3 Å². The minimum absolute atomic E-state index is 0.825. The number of nitrogens with zero attached hydrogens (tertiary/aromatic N) is 2. The standard InChI is InChI=1S/C28H30N2O3/c1-5-6-19-30-27(21-9-15-24(32-3)16-10-21)26(20-7-13-23(31-2)14-8-20)29-28(30)22-11-17-25(33-4)18-12-22/h7-18H,5-6,19H2,1-4H3. The van der Waals surface area contributed by atoms with Gasteiger partial charge in [0.05, 0.1) is 32.7 Å². The molecule has 4 aromatic rings. The molecule has 0 amide bonds. The summed E-state index contributed by atoms with van der Waals surface area (Å²) in [6.45, 7) is 3.09. The predicted molar refractivity (Wildman–Crippen MR) is 133 cm³/mol. The van der Waals surface area contributed by atoms with E-state index in [1.165, 1.54) is 0 Å². The first-order valence-electron chi connectivity index (χ1n) is 11.2. The van der Waals surface area contributed by atoms with Gasteiger partial charge in [0.1, 0.15) is 23.1 Å². The van der Waals surface area contributed by atoms with Crippen molar-refractivity contribution < 1.29 is 14.2 Å². The van der Waals surface area contributed by atoms with Crippen LogP contribution in [0.2, 0.25) is 0 Å². The van der Waals surface area contributed by atoms with Gasteiger partial charge in [-0.3, -0.25) is 0 Å². The SMILES string of the molecule is CCCCn1c(-c2ccc(OC)cc2)nc(-c2ccc(OC)cc2)c1-c1ccc(OC)cc1. The lowest BCUT2D eigenvalue weighted by atomic mass is 10.0. The van der Waals surface area contributed by atoms with Crippen LogP contribution in [0.15, 0.2) is 72.8 Å². The van der Waals surface area contributed by atoms with Gasteiger partial charge < -0.3 is 18.8 Å². The molecule has 5 nitrogen and oxygen atoms in total. The first kappa shape index (κ1) is 22.5. The smallest absolute Gasteiger partial charge is 0.141 e. The third-order valence-electron chi connectivity index (χ3n) is 5.78. The van der Waals surface area contributed by atoms with Crippen LogP contribution >= 0.6 is 0 Å². The highest BCUT2D eigenvalue weighted by Crippen LogP contribution is 2.38. The first-order valence-corrected chi connectivity index (χ1v) is 11.2. The van der Waals surface area contributed by atoms with E-state index >= 15 is 0 Å². The van der Waals surface area contributed by atoms with Crippen LogP contribution in [0.25, 0.3) is 33.9 Å². The second kappa shape index (κ2) is 10.3. The molecule has 0 unspecified atom stereocenters. The highest BCUT2D eigenvalue weighted by atomic mass is 16.5. The Labute approximate surface area is 195 Å². The number of unbranched alkanes of at least 4 members (excludes halogenated alkanes) is 1. The first-order chi connectivity index (χ1) is 16.2. The molecule has 0 spiro atoms. The number of hydrogen-bond donors (Lipinski definition) is 0. The predicted octanol–water partition coefficient (Wildman–Crippen LogP) is 6.71. The summed E-state index contributed by atoms with van der Waals surface area (Å²) in [5.74, 6) is 3.43. The maximum Gasteiger partial charge on any atom is 0.141 e. The van der Waals surface area contributed by atoms with Crippen LogP contribution in [0.4, 0.5) is 0 Å². The summed E-state index contributed by atoms with van der Waals surface area (Å²) in [5.41, 5.74) is 5.25. The van der Waals surface area contributed by atoms with Crippen molar-refractivity contribution in [1.29, 1.82) is 0 Å². The largest absolute Gasteiger partial charge is 0.497 e. The highest BCUT2D eigenvalue weighted by Gasteiger charge is 2.21. The van der Waals surface area contributed by atoms with Crippen molar-refractivity contribution in [3.8, 4) is 51.2 Å². The van der Waals surface area contributed by atoms with Crippen LogP contribution in [0.5, 0.6) is 17.2 Å². The molecule has 0 saturated heterocycles. The molecule has 170 valence electrons. The fourth-order valence-electron chi connectivity index (χ4n) is 3.94. The molecule has 33 heavy (non-hydrogen) atoms. The van der Waals surface area contributed by atoms with Crippen LogP contribution < -0.4 is 14.2 Å². The van der Waals surface area contributed by atoms with Gasteiger partial charge in [0.25, 0.3) is 0 Å². The maximum absolute atomic E-state index is 5.39. The van der Waals surface area contributed by atoms with E-state index in [1.54, 1.807) is 21.3 Å². The van der Waals surface area contributed by atoms with E-state index < -0.39 is 0 Å². The van der Waals surface area contributed by atoms with E-state index in [9.17, 15) is 0 Å². The monoisotopic (exact) mass is 442 g/mol. The molecule has 0 saturated carbocycles. The third-order valence-corrected chi connectivity index (χ3v) is 5.78. The summed E-state index contributed by atoms with van der Waals surface area (Å²) in [4.78, 5) is 5.18. The van der Waals surface area contributed by atoms with E-state index in [2.05, 4.69) is 47.9 Å². The Morgan fingerprint density at radius 2 is 1.09 bits per heavy atom. The lowest BCUT2D eigenvalue weighted by Crippen LogP contribution is -2.03. The second-order valence-electron chi connectivity index (χ2n) is 7.82. The quantitative estimate of drug-likeness (QED) is 0.289. The van der Waals surface area contributed by atoms with Gasteiger partial charge in [-0.15, -0.1) is 0 Å². The molecule has 5 heteroatoms. The van der Waals surface area contributed by atoms with Crippen molar-refractivity contribution in [2.24, 2.45) is 0 Å². The minimum Gasteiger partial charge on any atom is -0.497 e. The summed E-state index contributed by atoms with van der Waals surface area (Å²) in [6.07, 6.45) is 2.16. The van der Waals surface area contributed by atoms with Crippen molar-refractivity contribution in [3.05, 3.63) is 72.8 Å². The lowest BCUT2D eigenvalue weighted by molar-refractivity contribution is 0.414. The molecule has 3 aromatic carbocycles. The molecule has 0 fully saturated rings. The number of benzene rings is 3. The van der Waals surface area contributed by atoms with Gasteiger partial charge in [0, 0.05) is 23.2 Å². The average Bonchev–Trinajstić information content (AvgIpc) is 3.26. The number of imidazole rings is 1. The van der Waals surface area contributed by atoms with Crippen LogP contribution in [-0.2, 0) is 6.54 Å². The molecular weight excluding hydrogens is 412 g/mol. The normalized spacial score (nSPS) is 10.8. The maximum atomic E-state index is 5.39. The second-order valence-corrected chi connectivity index (χ2v) is 7.82. The molecule has 0 N–H and O–H groups in total. The van der Waals surface area contributed by atoms with Crippen molar-refractivity contribution in [1.82, 2.24) is 9.55 Å². The summed E-state index contributed by atoms with van der Waals surface area (Å²) in [5, 5.41) is 0. The Balaban J connectivity index is 1.94. The molecule has 0 radical (unpaired) electrons. The van der Waals surface area contributed by atoms with E-state index in [0.717, 1.165) is 70.5 Å². The van der Waals surface area contributed by atoms with Crippen LogP contribution in [0, 0.1) is 0 Å². The van der Waals surface area contributed by atoms with E-state index in [1.807, 2.05) is 36.4 Å². The molecule has 1 aromatic heterocycles. The Bertz CT molecular complexity index is 1180. The van der Waals surface area contributed by atoms with Crippen LogP contribution in [-0.4, -0.2) is 30.9 Å². The van der Waals surface area contributed by atoms with Crippen LogP contribution in [0.1, 0.15) is 19.8 Å². The number of rotatable bonds is 9. The van der Waals surface area contributed by atoms with E-state index in [4.69, 9.17) is 19.2 Å². The summed E-state index contributed by atoms with van der Waals surface area (Å²) in [6, 6.07) is 24.4. The number of hydrogen-bond acceptors (Lipinski definition) is 4. The van der Waals surface area contributed by atoms with Crippen molar-refractivity contribution in [2.75, 3.05) is 21.3 Å². The van der Waals surface area contributed by atoms with E-state index in [0.29, 0.717) is 0 Å². The van der Waals surface area contributed by atoms with Gasteiger partial charge >= 0.3 is 0 Å². The number of ether oxygens (including phenoxy) is 3. The zero-order chi connectivity index (χ0) is 23.2. The van der Waals surface area contributed by atoms with Gasteiger partial charge in [0.15, 0.2) is 0 Å². The molecule has 0 aliphatic carbocycles. The van der Waals surface area contributed by atoms with Gasteiger partial charge in [0.2, 0.25) is 0 Å². The number of methoxy groups -OCH3 is 3. The van der Waals surface area contributed by atoms with Gasteiger partial charge in [-0.1, -0.05) is 13.3 Å². The van der Waals surface area contributed by atoms with Gasteiger partial charge in [-0.2, -0.15) is 0 Å². The molecule has 0 aliphatic rings. The minimum atomic E-state index is 0.825. The summed E-state index contributed by atoms with van der Waals surface area (Å²) < 4.78 is 18.5. The Morgan fingerprint density at radius 3 is 1.55 bits per heavy atom. The Morgan fingerprint density at radius 1 is 0.636 bits per heavy atom. The van der Waals surface area contributed by atoms with Crippen LogP contribution in [0.3, 0.4) is 0 Å². The van der Waals surface area contributed by atoms with E-state index in [-0.39, 0.29) is 0 Å².